The van der Waals surface area contributed by atoms with E-state index in [0.717, 1.165) is 17.2 Å². The molecular formula is C25H23F3N2O3. The lowest BCUT2D eigenvalue weighted by Gasteiger charge is -2.29. The Balaban J connectivity index is 1.79. The predicted molar refractivity (Wildman–Crippen MR) is 118 cm³/mol. The fourth-order valence-corrected chi connectivity index (χ4v) is 4.06. The van der Waals surface area contributed by atoms with Crippen LogP contribution in [-0.4, -0.2) is 10.9 Å². The quantitative estimate of drug-likeness (QED) is 0.538. The van der Waals surface area contributed by atoms with E-state index in [-0.39, 0.29) is 17.5 Å². The summed E-state index contributed by atoms with van der Waals surface area (Å²) < 4.78 is 45.7. The molecule has 2 N–H and O–H groups in total. The van der Waals surface area contributed by atoms with Crippen LogP contribution in [0.25, 0.3) is 0 Å². The van der Waals surface area contributed by atoms with E-state index in [9.17, 15) is 22.8 Å². The zero-order valence-corrected chi connectivity index (χ0v) is 18.4. The van der Waals surface area contributed by atoms with Gasteiger partial charge < -0.3 is 15.0 Å². The summed E-state index contributed by atoms with van der Waals surface area (Å²) >= 11 is 0. The Morgan fingerprint density at radius 3 is 2.12 bits per heavy atom. The molecule has 8 heteroatoms. The Hall–Kier alpha value is -3.55. The van der Waals surface area contributed by atoms with Crippen molar-refractivity contribution >= 4 is 5.91 Å². The summed E-state index contributed by atoms with van der Waals surface area (Å²) in [6.07, 6.45) is -4.08. The maximum absolute atomic E-state index is 13.3. The van der Waals surface area contributed by atoms with Gasteiger partial charge in [0.1, 0.15) is 22.8 Å². The number of rotatable bonds is 4. The van der Waals surface area contributed by atoms with Crippen molar-refractivity contribution in [1.29, 1.82) is 0 Å². The number of H-pyrrole nitrogens is 1. The fourth-order valence-electron chi connectivity index (χ4n) is 4.06. The lowest BCUT2D eigenvalue weighted by molar-refractivity contribution is -0.141. The molecule has 2 aromatic carbocycles. The van der Waals surface area contributed by atoms with Crippen LogP contribution in [0.2, 0.25) is 0 Å². The number of alkyl halides is 3. The van der Waals surface area contributed by atoms with Gasteiger partial charge in [0.05, 0.1) is 6.04 Å². The van der Waals surface area contributed by atoms with Crippen LogP contribution in [-0.2, 0) is 12.6 Å². The Morgan fingerprint density at radius 1 is 1.03 bits per heavy atom. The van der Waals surface area contributed by atoms with E-state index in [1.807, 2.05) is 55.2 Å². The van der Waals surface area contributed by atoms with E-state index in [2.05, 4.69) is 5.32 Å². The van der Waals surface area contributed by atoms with Crippen LogP contribution in [0.3, 0.4) is 0 Å². The van der Waals surface area contributed by atoms with Gasteiger partial charge in [-0.1, -0.05) is 37.6 Å². The monoisotopic (exact) mass is 456 g/mol. The molecular weight excluding hydrogens is 433 g/mol. The molecule has 1 amide bonds. The largest absolute Gasteiger partial charge is 0.457 e. The SMILES string of the molecule is CCCc1cc(C(F)(F)F)[nH]c(=O)c1C(=O)NC1c2ccc(C)cc2Oc2cc(C)ccc21. The van der Waals surface area contributed by atoms with Crippen LogP contribution in [0.15, 0.2) is 47.3 Å². The predicted octanol–water partition coefficient (Wildman–Crippen LogP) is 5.59. The number of pyridine rings is 1. The summed E-state index contributed by atoms with van der Waals surface area (Å²) in [6, 6.07) is 11.4. The van der Waals surface area contributed by atoms with Crippen LogP contribution < -0.4 is 15.6 Å². The van der Waals surface area contributed by atoms with Crippen molar-refractivity contribution in [2.75, 3.05) is 0 Å². The van der Waals surface area contributed by atoms with Crippen LogP contribution >= 0.6 is 0 Å². The third-order valence-electron chi connectivity index (χ3n) is 5.62. The number of hydrogen-bond donors (Lipinski definition) is 2. The Bertz CT molecular complexity index is 1240. The molecule has 3 aromatic rings. The van der Waals surface area contributed by atoms with E-state index in [1.165, 1.54) is 0 Å². The highest BCUT2D eigenvalue weighted by molar-refractivity contribution is 5.96. The van der Waals surface area contributed by atoms with E-state index in [1.54, 1.807) is 6.92 Å². The van der Waals surface area contributed by atoms with Crippen LogP contribution in [0.1, 0.15) is 63.3 Å². The first kappa shape index (κ1) is 22.6. The molecule has 1 aliphatic rings. The molecule has 0 fully saturated rings. The maximum atomic E-state index is 13.3. The molecule has 0 atom stereocenters. The number of aromatic nitrogens is 1. The lowest BCUT2D eigenvalue weighted by atomic mass is 9.92. The number of nitrogens with one attached hydrogen (secondary N) is 2. The molecule has 0 saturated carbocycles. The second-order valence-electron chi connectivity index (χ2n) is 8.25. The molecule has 33 heavy (non-hydrogen) atoms. The van der Waals surface area contributed by atoms with Gasteiger partial charge in [0, 0.05) is 11.1 Å². The number of carbonyl (C=O) groups excluding carboxylic acids is 1. The van der Waals surface area contributed by atoms with Crippen molar-refractivity contribution < 1.29 is 22.7 Å². The molecule has 1 aromatic heterocycles. The van der Waals surface area contributed by atoms with Crippen molar-refractivity contribution in [3.8, 4) is 11.5 Å². The number of aromatic amines is 1. The standard InChI is InChI=1S/C25H23F3N2O3/c1-4-5-15-12-20(25(26,27)28)29-23(31)21(15)24(32)30-22-16-8-6-13(2)10-18(16)33-19-11-14(3)7-9-17(19)22/h6-12,22H,4-5H2,1-3H3,(H,29,31)(H,30,32). The summed E-state index contributed by atoms with van der Waals surface area (Å²) in [5.74, 6) is 0.417. The fraction of sp³-hybridized carbons (Fsp3) is 0.280. The zero-order chi connectivity index (χ0) is 23.9. The highest BCUT2D eigenvalue weighted by Gasteiger charge is 2.35. The average molecular weight is 456 g/mol. The van der Waals surface area contributed by atoms with Gasteiger partial charge in [-0.25, -0.2) is 0 Å². The Labute approximate surface area is 188 Å². The summed E-state index contributed by atoms with van der Waals surface area (Å²) in [5, 5.41) is 2.86. The van der Waals surface area contributed by atoms with Gasteiger partial charge in [-0.05, 0) is 55.2 Å². The molecule has 1 aliphatic heterocycles. The first-order valence-electron chi connectivity index (χ1n) is 10.6. The third kappa shape index (κ3) is 4.37. The highest BCUT2D eigenvalue weighted by Crippen LogP contribution is 2.43. The highest BCUT2D eigenvalue weighted by atomic mass is 19.4. The van der Waals surface area contributed by atoms with Gasteiger partial charge in [0.25, 0.3) is 11.5 Å². The van der Waals surface area contributed by atoms with Crippen molar-refractivity contribution in [2.24, 2.45) is 0 Å². The minimum atomic E-state index is -4.72. The van der Waals surface area contributed by atoms with Gasteiger partial charge in [-0.2, -0.15) is 13.2 Å². The van der Waals surface area contributed by atoms with Crippen LogP contribution in [0.4, 0.5) is 13.2 Å². The van der Waals surface area contributed by atoms with Crippen molar-refractivity contribution in [1.82, 2.24) is 10.3 Å². The lowest BCUT2D eigenvalue weighted by Crippen LogP contribution is -2.36. The first-order valence-corrected chi connectivity index (χ1v) is 10.6. The number of benzene rings is 2. The molecule has 5 nitrogen and oxygen atoms in total. The second-order valence-corrected chi connectivity index (χ2v) is 8.25. The number of carbonyl (C=O) groups is 1. The third-order valence-corrected chi connectivity index (χ3v) is 5.62. The number of amides is 1. The van der Waals surface area contributed by atoms with Crippen LogP contribution in [0, 0.1) is 13.8 Å². The molecule has 0 unspecified atom stereocenters. The van der Waals surface area contributed by atoms with E-state index < -0.39 is 29.4 Å². The molecule has 0 aliphatic carbocycles. The maximum Gasteiger partial charge on any atom is 0.431 e. The normalized spacial score (nSPS) is 13.2. The molecule has 0 radical (unpaired) electrons. The molecule has 0 spiro atoms. The van der Waals surface area contributed by atoms with Gasteiger partial charge >= 0.3 is 6.18 Å². The Kier molecular flexibility index (Phi) is 5.78. The topological polar surface area (TPSA) is 71.2 Å². The molecule has 0 bridgehead atoms. The number of fused-ring (bicyclic) bond motifs is 2. The number of halogens is 3. The molecule has 2 heterocycles. The van der Waals surface area contributed by atoms with Gasteiger partial charge in [0.2, 0.25) is 0 Å². The second kappa shape index (κ2) is 8.42. The minimum Gasteiger partial charge on any atom is -0.457 e. The molecule has 172 valence electrons. The summed E-state index contributed by atoms with van der Waals surface area (Å²) in [6.45, 7) is 5.61. The van der Waals surface area contributed by atoms with Crippen molar-refractivity contribution in [3.63, 3.8) is 0 Å². The summed E-state index contributed by atoms with van der Waals surface area (Å²) in [5.41, 5.74) is 0.867. The van der Waals surface area contributed by atoms with E-state index in [4.69, 9.17) is 4.74 Å². The average Bonchev–Trinajstić information content (AvgIpc) is 2.72. The summed E-state index contributed by atoms with van der Waals surface area (Å²) in [7, 11) is 0. The molecule has 4 rings (SSSR count). The van der Waals surface area contributed by atoms with Gasteiger partial charge in [-0.15, -0.1) is 0 Å². The first-order chi connectivity index (χ1) is 15.6. The summed E-state index contributed by atoms with van der Waals surface area (Å²) in [4.78, 5) is 27.7. The van der Waals surface area contributed by atoms with E-state index in [0.29, 0.717) is 29.0 Å². The molecule has 0 saturated heterocycles. The number of hydrogen-bond acceptors (Lipinski definition) is 3. The van der Waals surface area contributed by atoms with E-state index >= 15 is 0 Å². The Morgan fingerprint density at radius 2 is 1.61 bits per heavy atom. The van der Waals surface area contributed by atoms with Crippen molar-refractivity contribution in [3.05, 3.63) is 91.9 Å². The van der Waals surface area contributed by atoms with Crippen molar-refractivity contribution in [2.45, 2.75) is 45.8 Å². The minimum absolute atomic E-state index is 0.0615. The van der Waals surface area contributed by atoms with Gasteiger partial charge in [0.15, 0.2) is 0 Å². The van der Waals surface area contributed by atoms with Crippen LogP contribution in [0.5, 0.6) is 11.5 Å². The number of ether oxygens (including phenoxy) is 1. The van der Waals surface area contributed by atoms with Gasteiger partial charge in [-0.3, -0.25) is 9.59 Å². The smallest absolute Gasteiger partial charge is 0.431 e. The number of aryl methyl sites for hydroxylation is 3. The zero-order valence-electron chi connectivity index (χ0n) is 18.4.